The van der Waals surface area contributed by atoms with Crippen LogP contribution in [-0.4, -0.2) is 47.5 Å². The maximum absolute atomic E-state index is 5.18. The molecule has 0 saturated carbocycles. The van der Waals surface area contributed by atoms with Crippen molar-refractivity contribution in [2.75, 3.05) is 12.4 Å². The van der Waals surface area contributed by atoms with E-state index in [1.807, 2.05) is 13.0 Å². The largest absolute Gasteiger partial charge is 0.378 e. The Labute approximate surface area is 132 Å². The summed E-state index contributed by atoms with van der Waals surface area (Å²) in [5.74, 6) is 3.45. The molecule has 9 heteroatoms. The minimum atomic E-state index is 0.280. The van der Waals surface area contributed by atoms with Crippen molar-refractivity contribution in [3.8, 4) is 0 Å². The summed E-state index contributed by atoms with van der Waals surface area (Å²) in [6, 6.07) is 2.24. The number of hydrogen-bond donors (Lipinski definition) is 1. The SMILES string of the molecule is COCc1cc(N[C@H]2CCc3nnc(C)n3C2)n2ncnc2n1. The Bertz CT molecular complexity index is 839. The fourth-order valence-electron chi connectivity index (χ4n) is 2.98. The van der Waals surface area contributed by atoms with Crippen LogP contribution in [0.25, 0.3) is 5.78 Å². The lowest BCUT2D eigenvalue weighted by Crippen LogP contribution is -2.32. The van der Waals surface area contributed by atoms with Gasteiger partial charge >= 0.3 is 0 Å². The molecule has 23 heavy (non-hydrogen) atoms. The van der Waals surface area contributed by atoms with Crippen molar-refractivity contribution in [1.82, 2.24) is 34.3 Å². The van der Waals surface area contributed by atoms with Gasteiger partial charge in [-0.15, -0.1) is 10.2 Å². The Morgan fingerprint density at radius 3 is 3.17 bits per heavy atom. The maximum atomic E-state index is 5.18. The van der Waals surface area contributed by atoms with Crippen LogP contribution < -0.4 is 5.32 Å². The predicted molar refractivity (Wildman–Crippen MR) is 82.0 cm³/mol. The standard InChI is InChI=1S/C14H18N8O/c1-9-19-20-12-4-3-10(6-21(9)12)17-13-5-11(7-23-2)18-14-15-8-16-22(13)14/h5,8,10,17H,3-4,6-7H2,1-2H3/t10-/m0/s1. The van der Waals surface area contributed by atoms with E-state index in [1.165, 1.54) is 6.33 Å². The Balaban J connectivity index is 1.62. The molecule has 1 N–H and O–H groups in total. The van der Waals surface area contributed by atoms with E-state index in [4.69, 9.17) is 4.74 Å². The lowest BCUT2D eigenvalue weighted by Gasteiger charge is -2.26. The molecule has 0 aliphatic carbocycles. The van der Waals surface area contributed by atoms with Crippen molar-refractivity contribution in [3.05, 3.63) is 29.7 Å². The third-order valence-electron chi connectivity index (χ3n) is 4.08. The van der Waals surface area contributed by atoms with Gasteiger partial charge in [-0.1, -0.05) is 0 Å². The van der Waals surface area contributed by atoms with E-state index in [0.717, 1.165) is 42.5 Å². The third-order valence-corrected chi connectivity index (χ3v) is 4.08. The molecule has 1 aliphatic rings. The van der Waals surface area contributed by atoms with Crippen LogP contribution in [0.2, 0.25) is 0 Å². The van der Waals surface area contributed by atoms with E-state index in [2.05, 4.69) is 35.1 Å². The second kappa shape index (κ2) is 5.58. The first-order valence-corrected chi connectivity index (χ1v) is 7.58. The highest BCUT2D eigenvalue weighted by atomic mass is 16.5. The van der Waals surface area contributed by atoms with Gasteiger partial charge in [0.2, 0.25) is 0 Å². The number of aryl methyl sites for hydroxylation is 2. The summed E-state index contributed by atoms with van der Waals surface area (Å²) < 4.78 is 9.06. The number of nitrogens with one attached hydrogen (secondary N) is 1. The van der Waals surface area contributed by atoms with E-state index in [1.54, 1.807) is 11.6 Å². The molecule has 1 aliphatic heterocycles. The molecule has 0 spiro atoms. The monoisotopic (exact) mass is 314 g/mol. The van der Waals surface area contributed by atoms with Gasteiger partial charge in [0.05, 0.1) is 12.3 Å². The minimum Gasteiger partial charge on any atom is -0.378 e. The highest BCUT2D eigenvalue weighted by Crippen LogP contribution is 2.19. The van der Waals surface area contributed by atoms with Crippen LogP contribution in [0.3, 0.4) is 0 Å². The molecule has 4 rings (SSSR count). The fourth-order valence-corrected chi connectivity index (χ4v) is 2.98. The molecule has 0 bridgehead atoms. The highest BCUT2D eigenvalue weighted by Gasteiger charge is 2.22. The highest BCUT2D eigenvalue weighted by molar-refractivity contribution is 5.45. The van der Waals surface area contributed by atoms with Gasteiger partial charge in [0.15, 0.2) is 0 Å². The summed E-state index contributed by atoms with van der Waals surface area (Å²) in [4.78, 5) is 8.60. The minimum absolute atomic E-state index is 0.280. The van der Waals surface area contributed by atoms with Crippen LogP contribution in [-0.2, 0) is 24.3 Å². The molecule has 0 unspecified atom stereocenters. The van der Waals surface area contributed by atoms with Crippen molar-refractivity contribution in [2.45, 2.75) is 39.0 Å². The Kier molecular flexibility index (Phi) is 3.41. The molecule has 0 saturated heterocycles. The van der Waals surface area contributed by atoms with Gasteiger partial charge in [0, 0.05) is 32.2 Å². The Morgan fingerprint density at radius 1 is 1.39 bits per heavy atom. The molecular weight excluding hydrogens is 296 g/mol. The number of methoxy groups -OCH3 is 1. The summed E-state index contributed by atoms with van der Waals surface area (Å²) in [5, 5.41) is 16.2. The van der Waals surface area contributed by atoms with Crippen molar-refractivity contribution < 1.29 is 4.74 Å². The first-order valence-electron chi connectivity index (χ1n) is 7.58. The summed E-state index contributed by atoms with van der Waals surface area (Å²) >= 11 is 0. The maximum Gasteiger partial charge on any atom is 0.254 e. The van der Waals surface area contributed by atoms with Gasteiger partial charge in [-0.2, -0.15) is 14.6 Å². The first kappa shape index (κ1) is 14.1. The summed E-state index contributed by atoms with van der Waals surface area (Å²) in [5.41, 5.74) is 0.826. The molecule has 0 fully saturated rings. The number of aromatic nitrogens is 7. The van der Waals surface area contributed by atoms with Gasteiger partial charge in [0.1, 0.15) is 23.8 Å². The molecule has 3 aromatic rings. The van der Waals surface area contributed by atoms with E-state index >= 15 is 0 Å². The second-order valence-corrected chi connectivity index (χ2v) is 5.69. The smallest absolute Gasteiger partial charge is 0.254 e. The summed E-state index contributed by atoms with van der Waals surface area (Å²) in [6.07, 6.45) is 3.41. The topological polar surface area (TPSA) is 95.0 Å². The second-order valence-electron chi connectivity index (χ2n) is 5.69. The number of fused-ring (bicyclic) bond motifs is 2. The number of nitrogens with zero attached hydrogens (tertiary/aromatic N) is 7. The van der Waals surface area contributed by atoms with Crippen LogP contribution in [0, 0.1) is 6.92 Å². The van der Waals surface area contributed by atoms with E-state index < -0.39 is 0 Å². The summed E-state index contributed by atoms with van der Waals surface area (Å²) in [7, 11) is 1.65. The summed E-state index contributed by atoms with van der Waals surface area (Å²) in [6.45, 7) is 3.27. The van der Waals surface area contributed by atoms with Crippen LogP contribution in [0.4, 0.5) is 5.82 Å². The van der Waals surface area contributed by atoms with Crippen molar-refractivity contribution >= 4 is 11.6 Å². The van der Waals surface area contributed by atoms with E-state index in [-0.39, 0.29) is 6.04 Å². The lowest BCUT2D eigenvalue weighted by molar-refractivity contribution is 0.181. The first-order chi connectivity index (χ1) is 11.2. The molecule has 0 radical (unpaired) electrons. The predicted octanol–water partition coefficient (Wildman–Crippen LogP) is 0.598. The molecular formula is C14H18N8O. The van der Waals surface area contributed by atoms with Gasteiger partial charge in [-0.3, -0.25) is 0 Å². The average Bonchev–Trinajstić information content (AvgIpc) is 3.15. The Hall–Kier alpha value is -2.55. The zero-order chi connectivity index (χ0) is 15.8. The normalized spacial score (nSPS) is 17.4. The van der Waals surface area contributed by atoms with Gasteiger partial charge < -0.3 is 14.6 Å². The van der Waals surface area contributed by atoms with Crippen LogP contribution in [0.1, 0.15) is 23.8 Å². The van der Waals surface area contributed by atoms with Crippen LogP contribution >= 0.6 is 0 Å². The molecule has 0 amide bonds. The van der Waals surface area contributed by atoms with Gasteiger partial charge in [0.25, 0.3) is 5.78 Å². The number of anilines is 1. The lowest BCUT2D eigenvalue weighted by atomic mass is 10.1. The quantitative estimate of drug-likeness (QED) is 0.753. The molecule has 3 aromatic heterocycles. The zero-order valence-electron chi connectivity index (χ0n) is 13.1. The average molecular weight is 314 g/mol. The van der Waals surface area contributed by atoms with Gasteiger partial charge in [-0.25, -0.2) is 4.98 Å². The van der Waals surface area contributed by atoms with Crippen molar-refractivity contribution in [3.63, 3.8) is 0 Å². The van der Waals surface area contributed by atoms with Crippen LogP contribution in [0.15, 0.2) is 12.4 Å². The number of ether oxygens (including phenoxy) is 1. The molecule has 9 nitrogen and oxygen atoms in total. The number of hydrogen-bond acceptors (Lipinski definition) is 7. The van der Waals surface area contributed by atoms with E-state index in [9.17, 15) is 0 Å². The fraction of sp³-hybridized carbons (Fsp3) is 0.500. The van der Waals surface area contributed by atoms with Crippen LogP contribution in [0.5, 0.6) is 0 Å². The van der Waals surface area contributed by atoms with Gasteiger partial charge in [-0.05, 0) is 13.3 Å². The van der Waals surface area contributed by atoms with E-state index in [0.29, 0.717) is 12.4 Å². The molecule has 120 valence electrons. The van der Waals surface area contributed by atoms with Crippen molar-refractivity contribution in [2.24, 2.45) is 0 Å². The van der Waals surface area contributed by atoms with Crippen molar-refractivity contribution in [1.29, 1.82) is 0 Å². The number of rotatable bonds is 4. The molecule has 1 atom stereocenters. The zero-order valence-corrected chi connectivity index (χ0v) is 13.1. The Morgan fingerprint density at radius 2 is 2.30 bits per heavy atom. The molecule has 0 aromatic carbocycles. The third kappa shape index (κ3) is 2.52. The molecule has 4 heterocycles.